The predicted molar refractivity (Wildman–Crippen MR) is 107 cm³/mol. The third-order valence-electron chi connectivity index (χ3n) is 3.99. The number of rotatable bonds is 10. The van der Waals surface area contributed by atoms with Crippen LogP contribution in [0.1, 0.15) is 78.1 Å². The SMILES string of the molecule is CCCCCCCCCCCC.C[N+](C)(C)c1ccccc1.O.[Cl-]. The molecule has 144 valence electrons. The van der Waals surface area contributed by atoms with Crippen molar-refractivity contribution >= 4 is 5.69 Å². The zero-order valence-electron chi connectivity index (χ0n) is 16.8. The summed E-state index contributed by atoms with van der Waals surface area (Å²) in [6, 6.07) is 10.5. The Morgan fingerprint density at radius 1 is 0.625 bits per heavy atom. The van der Waals surface area contributed by atoms with E-state index >= 15 is 0 Å². The first-order valence-electron chi connectivity index (χ1n) is 9.39. The van der Waals surface area contributed by atoms with E-state index in [1.807, 2.05) is 6.07 Å². The highest BCUT2D eigenvalue weighted by molar-refractivity contribution is 5.40. The third-order valence-corrected chi connectivity index (χ3v) is 3.99. The summed E-state index contributed by atoms with van der Waals surface area (Å²) < 4.78 is 0.890. The highest BCUT2D eigenvalue weighted by Crippen LogP contribution is 2.14. The zero-order chi connectivity index (χ0) is 16.7. The second-order valence-electron chi connectivity index (χ2n) is 7.18. The lowest BCUT2D eigenvalue weighted by Crippen LogP contribution is -3.00. The molecule has 0 atom stereocenters. The van der Waals surface area contributed by atoms with Gasteiger partial charge in [-0.1, -0.05) is 96.3 Å². The Hall–Kier alpha value is -0.570. The van der Waals surface area contributed by atoms with Gasteiger partial charge in [0.05, 0.1) is 21.1 Å². The summed E-state index contributed by atoms with van der Waals surface area (Å²) >= 11 is 0. The van der Waals surface area contributed by atoms with Crippen molar-refractivity contribution in [2.75, 3.05) is 21.1 Å². The molecule has 1 rings (SSSR count). The van der Waals surface area contributed by atoms with E-state index in [-0.39, 0.29) is 17.9 Å². The molecule has 0 radical (unpaired) electrons. The average Bonchev–Trinajstić information content (AvgIpc) is 2.51. The van der Waals surface area contributed by atoms with Crippen LogP contribution in [0.3, 0.4) is 0 Å². The summed E-state index contributed by atoms with van der Waals surface area (Å²) in [7, 11) is 6.49. The van der Waals surface area contributed by atoms with Gasteiger partial charge in [0.1, 0.15) is 5.69 Å². The molecule has 0 saturated carbocycles. The van der Waals surface area contributed by atoms with E-state index in [4.69, 9.17) is 0 Å². The fraction of sp³-hybridized carbons (Fsp3) is 0.714. The van der Waals surface area contributed by atoms with Gasteiger partial charge in [0.2, 0.25) is 0 Å². The summed E-state index contributed by atoms with van der Waals surface area (Å²) in [5.74, 6) is 0. The molecule has 0 aromatic heterocycles. The first-order chi connectivity index (χ1) is 10.5. The van der Waals surface area contributed by atoms with Crippen LogP contribution in [0.5, 0.6) is 0 Å². The van der Waals surface area contributed by atoms with E-state index in [0.717, 1.165) is 4.48 Å². The molecule has 0 aliphatic carbocycles. The second kappa shape index (κ2) is 18.8. The molecule has 2 nitrogen and oxygen atoms in total. The van der Waals surface area contributed by atoms with E-state index in [2.05, 4.69) is 59.3 Å². The van der Waals surface area contributed by atoms with Crippen molar-refractivity contribution in [3.63, 3.8) is 0 Å². The molecule has 1 aromatic carbocycles. The van der Waals surface area contributed by atoms with Gasteiger partial charge >= 0.3 is 0 Å². The standard InChI is InChI=1S/C12H26.C9H14N.ClH.H2O/c1-3-5-7-9-11-12-10-8-6-4-2;1-10(2,3)9-7-5-4-6-8-9;;/h3-12H2,1-2H3;4-8H,1-3H3;1H;1H2/q;+1;;/p-1. The van der Waals surface area contributed by atoms with Crippen LogP contribution in [-0.2, 0) is 0 Å². The van der Waals surface area contributed by atoms with Gasteiger partial charge in [-0.25, -0.2) is 0 Å². The van der Waals surface area contributed by atoms with E-state index in [1.165, 1.54) is 69.9 Å². The molecule has 0 aliphatic heterocycles. The molecular formula is C21H42ClNO. The summed E-state index contributed by atoms with van der Waals surface area (Å²) in [5, 5.41) is 0. The molecular weight excluding hydrogens is 318 g/mol. The minimum Gasteiger partial charge on any atom is -1.00 e. The Morgan fingerprint density at radius 2 is 0.958 bits per heavy atom. The van der Waals surface area contributed by atoms with E-state index < -0.39 is 0 Å². The topological polar surface area (TPSA) is 31.5 Å². The van der Waals surface area contributed by atoms with Crippen molar-refractivity contribution in [2.45, 2.75) is 78.1 Å². The predicted octanol–water partition coefficient (Wildman–Crippen LogP) is 2.99. The highest BCUT2D eigenvalue weighted by atomic mass is 35.5. The number of hydrogen-bond donors (Lipinski definition) is 0. The number of hydrogen-bond acceptors (Lipinski definition) is 0. The Kier molecular flexibility index (Phi) is 22.1. The average molecular weight is 360 g/mol. The van der Waals surface area contributed by atoms with Crippen molar-refractivity contribution in [2.24, 2.45) is 0 Å². The maximum atomic E-state index is 2.28. The molecule has 3 heteroatoms. The van der Waals surface area contributed by atoms with Gasteiger partial charge < -0.3 is 17.9 Å². The van der Waals surface area contributed by atoms with Gasteiger partial charge in [-0.3, -0.25) is 4.48 Å². The van der Waals surface area contributed by atoms with E-state index in [9.17, 15) is 0 Å². The fourth-order valence-electron chi connectivity index (χ4n) is 2.44. The first kappa shape index (κ1) is 28.2. The summed E-state index contributed by atoms with van der Waals surface area (Å²) in [6.45, 7) is 4.56. The number of halogens is 1. The van der Waals surface area contributed by atoms with Crippen LogP contribution in [0, 0.1) is 0 Å². The summed E-state index contributed by atoms with van der Waals surface area (Å²) in [4.78, 5) is 0. The molecule has 0 amide bonds. The molecule has 0 unspecified atom stereocenters. The first-order valence-corrected chi connectivity index (χ1v) is 9.39. The second-order valence-corrected chi connectivity index (χ2v) is 7.18. The third kappa shape index (κ3) is 17.8. The summed E-state index contributed by atoms with van der Waals surface area (Å²) in [5.41, 5.74) is 1.34. The van der Waals surface area contributed by atoms with Gasteiger partial charge in [-0.15, -0.1) is 0 Å². The normalized spacial score (nSPS) is 10.0. The lowest BCUT2D eigenvalue weighted by Gasteiger charge is -2.22. The van der Waals surface area contributed by atoms with E-state index in [0.29, 0.717) is 0 Å². The smallest absolute Gasteiger partial charge is 0.132 e. The van der Waals surface area contributed by atoms with E-state index in [1.54, 1.807) is 0 Å². The van der Waals surface area contributed by atoms with Crippen LogP contribution >= 0.6 is 0 Å². The van der Waals surface area contributed by atoms with Crippen molar-refractivity contribution in [1.29, 1.82) is 0 Å². The summed E-state index contributed by atoms with van der Waals surface area (Å²) in [6.07, 6.45) is 14.4. The molecule has 2 N–H and O–H groups in total. The van der Waals surface area contributed by atoms with Crippen molar-refractivity contribution < 1.29 is 17.9 Å². The Balaban J connectivity index is -0.000000342. The van der Waals surface area contributed by atoms with Gasteiger partial charge in [-0.05, 0) is 12.1 Å². The van der Waals surface area contributed by atoms with Gasteiger partial charge in [-0.2, -0.15) is 0 Å². The molecule has 0 bridgehead atoms. The quantitative estimate of drug-likeness (QED) is 0.454. The van der Waals surface area contributed by atoms with Crippen molar-refractivity contribution in [1.82, 2.24) is 4.48 Å². The largest absolute Gasteiger partial charge is 1.00 e. The minimum absolute atomic E-state index is 0. The number of benzene rings is 1. The highest BCUT2D eigenvalue weighted by Gasteiger charge is 2.08. The van der Waals surface area contributed by atoms with Crippen LogP contribution < -0.4 is 16.9 Å². The fourth-order valence-corrected chi connectivity index (χ4v) is 2.44. The molecule has 24 heavy (non-hydrogen) atoms. The Labute approximate surface area is 158 Å². The lowest BCUT2D eigenvalue weighted by molar-refractivity contribution is -0.00000634. The monoisotopic (exact) mass is 359 g/mol. The number of para-hydroxylation sites is 1. The minimum atomic E-state index is 0. The Bertz CT molecular complexity index is 325. The number of quaternary nitrogens is 1. The van der Waals surface area contributed by atoms with Gasteiger partial charge in [0.25, 0.3) is 0 Å². The maximum Gasteiger partial charge on any atom is 0.132 e. The lowest BCUT2D eigenvalue weighted by atomic mass is 10.1. The molecule has 0 saturated heterocycles. The molecule has 0 aliphatic rings. The van der Waals surface area contributed by atoms with Crippen LogP contribution in [-0.4, -0.2) is 26.6 Å². The van der Waals surface area contributed by atoms with Crippen molar-refractivity contribution in [3.05, 3.63) is 30.3 Å². The number of nitrogens with zero attached hydrogens (tertiary/aromatic N) is 1. The van der Waals surface area contributed by atoms with Gasteiger partial charge in [0, 0.05) is 0 Å². The van der Waals surface area contributed by atoms with Crippen LogP contribution in [0.4, 0.5) is 5.69 Å². The molecule has 0 fully saturated rings. The van der Waals surface area contributed by atoms with Crippen LogP contribution in [0.2, 0.25) is 0 Å². The molecule has 0 heterocycles. The Morgan fingerprint density at radius 3 is 1.21 bits per heavy atom. The zero-order valence-corrected chi connectivity index (χ0v) is 17.5. The maximum absolute atomic E-state index is 2.28. The number of unbranched alkanes of at least 4 members (excludes halogenated alkanes) is 9. The van der Waals surface area contributed by atoms with Crippen LogP contribution in [0.15, 0.2) is 30.3 Å². The molecule has 1 aromatic rings. The van der Waals surface area contributed by atoms with Gasteiger partial charge in [0.15, 0.2) is 0 Å². The van der Waals surface area contributed by atoms with Crippen LogP contribution in [0.25, 0.3) is 0 Å². The molecule has 0 spiro atoms. The van der Waals surface area contributed by atoms with Crippen molar-refractivity contribution in [3.8, 4) is 0 Å².